The maximum atomic E-state index is 5.63. The predicted molar refractivity (Wildman–Crippen MR) is 49.3 cm³/mol. The van der Waals surface area contributed by atoms with Crippen LogP contribution < -0.4 is 5.73 Å². The van der Waals surface area contributed by atoms with Gasteiger partial charge in [0.1, 0.15) is 0 Å². The van der Waals surface area contributed by atoms with Gasteiger partial charge in [0.15, 0.2) is 0 Å². The molecule has 0 bridgehead atoms. The smallest absolute Gasteiger partial charge is 0.00434 e. The van der Waals surface area contributed by atoms with Gasteiger partial charge in [0.25, 0.3) is 0 Å². The standard InChI is InChI=1S/C10H21N/c1-9(2,3)7-10(4)5-8(10)6-11/h8H,5-7,11H2,1-4H3. The number of rotatable bonds is 2. The summed E-state index contributed by atoms with van der Waals surface area (Å²) in [5, 5.41) is 0. The van der Waals surface area contributed by atoms with E-state index in [2.05, 4.69) is 27.7 Å². The Balaban J connectivity index is 2.40. The second-order valence-electron chi connectivity index (χ2n) is 5.53. The third kappa shape index (κ3) is 2.19. The largest absolute Gasteiger partial charge is 0.330 e. The van der Waals surface area contributed by atoms with Gasteiger partial charge in [0, 0.05) is 0 Å². The van der Waals surface area contributed by atoms with Gasteiger partial charge in [-0.2, -0.15) is 0 Å². The first kappa shape index (κ1) is 9.05. The summed E-state index contributed by atoms with van der Waals surface area (Å²) in [6.45, 7) is 10.2. The van der Waals surface area contributed by atoms with Crippen LogP contribution in [0.15, 0.2) is 0 Å². The minimum atomic E-state index is 0.471. The monoisotopic (exact) mass is 155 g/mol. The Hall–Kier alpha value is -0.0400. The van der Waals surface area contributed by atoms with Crippen LogP contribution in [0.5, 0.6) is 0 Å². The third-order valence-electron chi connectivity index (χ3n) is 2.76. The molecule has 2 unspecified atom stereocenters. The molecule has 1 fully saturated rings. The van der Waals surface area contributed by atoms with Gasteiger partial charge < -0.3 is 5.73 Å². The molecule has 66 valence electrons. The lowest BCUT2D eigenvalue weighted by molar-refractivity contribution is 0.277. The second kappa shape index (κ2) is 2.48. The van der Waals surface area contributed by atoms with Gasteiger partial charge in [0.2, 0.25) is 0 Å². The van der Waals surface area contributed by atoms with Crippen molar-refractivity contribution in [1.29, 1.82) is 0 Å². The zero-order valence-corrected chi connectivity index (χ0v) is 8.28. The van der Waals surface area contributed by atoms with Gasteiger partial charge in [-0.05, 0) is 36.1 Å². The van der Waals surface area contributed by atoms with Crippen molar-refractivity contribution in [3.05, 3.63) is 0 Å². The molecule has 0 amide bonds. The summed E-state index contributed by atoms with van der Waals surface area (Å²) >= 11 is 0. The molecule has 0 saturated heterocycles. The molecule has 11 heavy (non-hydrogen) atoms. The molecular formula is C10H21N. The van der Waals surface area contributed by atoms with E-state index in [9.17, 15) is 0 Å². The topological polar surface area (TPSA) is 26.0 Å². The van der Waals surface area contributed by atoms with E-state index in [1.807, 2.05) is 0 Å². The number of hydrogen-bond acceptors (Lipinski definition) is 1. The van der Waals surface area contributed by atoms with E-state index in [-0.39, 0.29) is 0 Å². The molecule has 0 aliphatic heterocycles. The molecule has 1 rings (SSSR count). The van der Waals surface area contributed by atoms with Gasteiger partial charge >= 0.3 is 0 Å². The van der Waals surface area contributed by atoms with Crippen LogP contribution in [0.4, 0.5) is 0 Å². The van der Waals surface area contributed by atoms with Crippen molar-refractivity contribution in [1.82, 2.24) is 0 Å². The Morgan fingerprint density at radius 1 is 1.45 bits per heavy atom. The molecule has 1 saturated carbocycles. The fourth-order valence-electron chi connectivity index (χ4n) is 2.30. The Morgan fingerprint density at radius 3 is 2.27 bits per heavy atom. The van der Waals surface area contributed by atoms with Crippen LogP contribution in [0.1, 0.15) is 40.5 Å². The summed E-state index contributed by atoms with van der Waals surface area (Å²) in [6.07, 6.45) is 2.67. The Labute approximate surface area is 70.4 Å². The van der Waals surface area contributed by atoms with Crippen LogP contribution in [-0.2, 0) is 0 Å². The maximum absolute atomic E-state index is 5.63. The average molecular weight is 155 g/mol. The van der Waals surface area contributed by atoms with Crippen molar-refractivity contribution in [2.75, 3.05) is 6.54 Å². The van der Waals surface area contributed by atoms with Crippen molar-refractivity contribution in [3.8, 4) is 0 Å². The molecule has 2 N–H and O–H groups in total. The molecule has 0 aromatic rings. The van der Waals surface area contributed by atoms with E-state index in [0.29, 0.717) is 10.8 Å². The van der Waals surface area contributed by atoms with Gasteiger partial charge in [-0.1, -0.05) is 27.7 Å². The predicted octanol–water partition coefficient (Wildman–Crippen LogP) is 2.41. The Kier molecular flexibility index (Phi) is 2.04. The van der Waals surface area contributed by atoms with Gasteiger partial charge in [-0.25, -0.2) is 0 Å². The molecule has 1 aliphatic rings. The van der Waals surface area contributed by atoms with Crippen molar-refractivity contribution in [2.45, 2.75) is 40.5 Å². The lowest BCUT2D eigenvalue weighted by Crippen LogP contribution is -2.16. The van der Waals surface area contributed by atoms with E-state index >= 15 is 0 Å². The van der Waals surface area contributed by atoms with Crippen LogP contribution in [0.25, 0.3) is 0 Å². The van der Waals surface area contributed by atoms with E-state index in [1.54, 1.807) is 0 Å². The minimum absolute atomic E-state index is 0.471. The summed E-state index contributed by atoms with van der Waals surface area (Å²) in [6, 6.07) is 0. The molecule has 2 atom stereocenters. The van der Waals surface area contributed by atoms with E-state index in [0.717, 1.165) is 12.5 Å². The Morgan fingerprint density at radius 2 is 2.00 bits per heavy atom. The normalized spacial score (nSPS) is 37.4. The molecule has 0 heterocycles. The highest BCUT2D eigenvalue weighted by Gasteiger charge is 2.50. The van der Waals surface area contributed by atoms with Crippen LogP contribution in [0, 0.1) is 16.7 Å². The highest BCUT2D eigenvalue weighted by Crippen LogP contribution is 2.57. The molecule has 0 radical (unpaired) electrons. The van der Waals surface area contributed by atoms with Crippen LogP contribution in [-0.4, -0.2) is 6.54 Å². The first-order valence-corrected chi connectivity index (χ1v) is 4.57. The van der Waals surface area contributed by atoms with Crippen molar-refractivity contribution < 1.29 is 0 Å². The second-order valence-corrected chi connectivity index (χ2v) is 5.53. The summed E-state index contributed by atoms with van der Waals surface area (Å²) in [7, 11) is 0. The lowest BCUT2D eigenvalue weighted by atomic mass is 9.82. The molecule has 1 heteroatoms. The van der Waals surface area contributed by atoms with Crippen LogP contribution in [0.3, 0.4) is 0 Å². The van der Waals surface area contributed by atoms with Gasteiger partial charge in [-0.3, -0.25) is 0 Å². The maximum Gasteiger partial charge on any atom is -0.00434 e. The first-order chi connectivity index (χ1) is 4.87. The third-order valence-corrected chi connectivity index (χ3v) is 2.76. The van der Waals surface area contributed by atoms with Crippen molar-refractivity contribution >= 4 is 0 Å². The van der Waals surface area contributed by atoms with E-state index in [4.69, 9.17) is 5.73 Å². The van der Waals surface area contributed by atoms with E-state index < -0.39 is 0 Å². The van der Waals surface area contributed by atoms with Crippen LogP contribution in [0.2, 0.25) is 0 Å². The van der Waals surface area contributed by atoms with Gasteiger partial charge in [-0.15, -0.1) is 0 Å². The molecule has 0 aromatic heterocycles. The fourth-order valence-corrected chi connectivity index (χ4v) is 2.30. The van der Waals surface area contributed by atoms with Crippen molar-refractivity contribution in [2.24, 2.45) is 22.5 Å². The van der Waals surface area contributed by atoms with Crippen LogP contribution >= 0.6 is 0 Å². The highest BCUT2D eigenvalue weighted by atomic mass is 14.7. The molecule has 0 aromatic carbocycles. The molecular weight excluding hydrogens is 134 g/mol. The van der Waals surface area contributed by atoms with Crippen molar-refractivity contribution in [3.63, 3.8) is 0 Å². The quantitative estimate of drug-likeness (QED) is 0.651. The van der Waals surface area contributed by atoms with Gasteiger partial charge in [0.05, 0.1) is 0 Å². The number of hydrogen-bond donors (Lipinski definition) is 1. The zero-order chi connectivity index (χ0) is 8.70. The summed E-state index contributed by atoms with van der Waals surface area (Å²) in [5.74, 6) is 0.807. The SMILES string of the molecule is CC(C)(C)CC1(C)CC1CN. The molecule has 0 spiro atoms. The fraction of sp³-hybridized carbons (Fsp3) is 1.00. The number of nitrogens with two attached hydrogens (primary N) is 1. The summed E-state index contributed by atoms with van der Waals surface area (Å²) in [5.41, 5.74) is 6.68. The van der Waals surface area contributed by atoms with E-state index in [1.165, 1.54) is 12.8 Å². The molecule has 1 nitrogen and oxygen atoms in total. The lowest BCUT2D eigenvalue weighted by Gasteiger charge is -2.23. The average Bonchev–Trinajstić information content (AvgIpc) is 2.36. The summed E-state index contributed by atoms with van der Waals surface area (Å²) < 4.78 is 0. The highest BCUT2D eigenvalue weighted by molar-refractivity contribution is 5.00. The summed E-state index contributed by atoms with van der Waals surface area (Å²) in [4.78, 5) is 0. The Bertz CT molecular complexity index is 145. The first-order valence-electron chi connectivity index (χ1n) is 4.57. The minimum Gasteiger partial charge on any atom is -0.330 e. The molecule has 1 aliphatic carbocycles. The zero-order valence-electron chi connectivity index (χ0n) is 8.28.